The Balaban J connectivity index is 1.77. The highest BCUT2D eigenvalue weighted by Gasteiger charge is 2.12. The van der Waals surface area contributed by atoms with Crippen LogP contribution in [0.1, 0.15) is 22.3 Å². The van der Waals surface area contributed by atoms with Crippen LogP contribution in [0.2, 0.25) is 5.02 Å². The van der Waals surface area contributed by atoms with Gasteiger partial charge in [-0.1, -0.05) is 11.6 Å². The van der Waals surface area contributed by atoms with Crippen molar-refractivity contribution in [3.05, 3.63) is 53.1 Å². The molecule has 3 aromatic rings. The number of nitrogens with zero attached hydrogens (tertiary/aromatic N) is 2. The molecule has 2 aromatic heterocycles. The fourth-order valence-corrected chi connectivity index (χ4v) is 2.26. The van der Waals surface area contributed by atoms with Crippen molar-refractivity contribution in [1.29, 1.82) is 0 Å². The lowest BCUT2D eigenvalue weighted by atomic mass is 10.2. The van der Waals surface area contributed by atoms with E-state index in [1.54, 1.807) is 24.3 Å². The van der Waals surface area contributed by atoms with Crippen LogP contribution in [-0.2, 0) is 0 Å². The number of H-pyrrole nitrogens is 1. The van der Waals surface area contributed by atoms with Gasteiger partial charge in [0.15, 0.2) is 5.82 Å². The van der Waals surface area contributed by atoms with Gasteiger partial charge in [0.05, 0.1) is 24.7 Å². The molecule has 0 radical (unpaired) electrons. The van der Waals surface area contributed by atoms with Crippen LogP contribution in [0.25, 0.3) is 10.9 Å². The Hall–Kier alpha value is -2.48. The van der Waals surface area contributed by atoms with Crippen molar-refractivity contribution in [3.63, 3.8) is 0 Å². The van der Waals surface area contributed by atoms with Gasteiger partial charge in [0.1, 0.15) is 11.8 Å². The van der Waals surface area contributed by atoms with E-state index < -0.39 is 12.7 Å². The van der Waals surface area contributed by atoms with Crippen molar-refractivity contribution in [3.8, 4) is 0 Å². The minimum Gasteiger partial charge on any atom is -0.393 e. The number of halogens is 1. The molecule has 0 saturated carbocycles. The number of benzene rings is 1. The summed E-state index contributed by atoms with van der Waals surface area (Å²) in [5, 5.41) is 22.3. The summed E-state index contributed by atoms with van der Waals surface area (Å²) in [5.41, 5.74) is 1.39. The summed E-state index contributed by atoms with van der Waals surface area (Å²) >= 11 is 5.92. The van der Waals surface area contributed by atoms with Crippen molar-refractivity contribution in [1.82, 2.24) is 15.0 Å². The molecule has 0 spiro atoms. The first-order valence-electron chi connectivity index (χ1n) is 6.77. The number of aromatic amines is 1. The zero-order valence-electron chi connectivity index (χ0n) is 11.8. The number of rotatable bonds is 4. The van der Waals surface area contributed by atoms with Gasteiger partial charge >= 0.3 is 0 Å². The van der Waals surface area contributed by atoms with Gasteiger partial charge in [-0.3, -0.25) is 9.78 Å². The molecule has 23 heavy (non-hydrogen) atoms. The predicted molar refractivity (Wildman–Crippen MR) is 85.3 cm³/mol. The van der Waals surface area contributed by atoms with Crippen molar-refractivity contribution in [2.24, 2.45) is 0 Å². The van der Waals surface area contributed by atoms with Gasteiger partial charge in [0.25, 0.3) is 5.91 Å². The highest BCUT2D eigenvalue weighted by Crippen LogP contribution is 2.20. The summed E-state index contributed by atoms with van der Waals surface area (Å²) in [6.07, 6.45) is 1.51. The monoisotopic (exact) mass is 332 g/mol. The lowest BCUT2D eigenvalue weighted by Gasteiger charge is -2.07. The van der Waals surface area contributed by atoms with E-state index in [4.69, 9.17) is 16.7 Å². The Morgan fingerprint density at radius 1 is 1.30 bits per heavy atom. The zero-order valence-corrected chi connectivity index (χ0v) is 12.6. The molecule has 1 unspecified atom stereocenters. The molecule has 1 amide bonds. The number of hydrogen-bond donors (Lipinski definition) is 4. The average molecular weight is 333 g/mol. The molecule has 0 fully saturated rings. The quantitative estimate of drug-likeness (QED) is 0.583. The number of aromatic nitrogens is 3. The number of amides is 1. The first kappa shape index (κ1) is 15.4. The van der Waals surface area contributed by atoms with E-state index in [2.05, 4.69) is 20.3 Å². The van der Waals surface area contributed by atoms with Gasteiger partial charge < -0.3 is 20.5 Å². The van der Waals surface area contributed by atoms with E-state index in [0.717, 1.165) is 10.9 Å². The number of carbonyl (C=O) groups is 1. The van der Waals surface area contributed by atoms with Crippen LogP contribution in [0, 0.1) is 0 Å². The lowest BCUT2D eigenvalue weighted by Crippen LogP contribution is -2.14. The second-order valence-corrected chi connectivity index (χ2v) is 5.33. The molecule has 7 nitrogen and oxygen atoms in total. The van der Waals surface area contributed by atoms with Gasteiger partial charge in [0.2, 0.25) is 0 Å². The Labute approximate surface area is 136 Å². The fourth-order valence-electron chi connectivity index (χ4n) is 2.08. The summed E-state index contributed by atoms with van der Waals surface area (Å²) in [6.45, 7) is -0.446. The molecule has 1 atom stereocenters. The summed E-state index contributed by atoms with van der Waals surface area (Å²) in [5.74, 6) is -0.136. The summed E-state index contributed by atoms with van der Waals surface area (Å²) in [6, 6.07) is 6.97. The molecule has 3 rings (SSSR count). The van der Waals surface area contributed by atoms with Crippen LogP contribution in [0.4, 0.5) is 5.82 Å². The molecule has 0 aliphatic heterocycles. The third-order valence-electron chi connectivity index (χ3n) is 3.26. The Morgan fingerprint density at radius 2 is 2.13 bits per heavy atom. The SMILES string of the molecule is O=C(Nc1cnc(C(O)CO)cn1)c1cc2cc(Cl)ccc2[nH]1. The molecule has 1 aromatic carbocycles. The van der Waals surface area contributed by atoms with E-state index in [-0.39, 0.29) is 17.4 Å². The minimum absolute atomic E-state index is 0.228. The van der Waals surface area contributed by atoms with E-state index in [9.17, 15) is 9.90 Å². The highest BCUT2D eigenvalue weighted by atomic mass is 35.5. The molecule has 0 aliphatic carbocycles. The topological polar surface area (TPSA) is 111 Å². The molecule has 0 saturated heterocycles. The maximum Gasteiger partial charge on any atom is 0.273 e. The van der Waals surface area contributed by atoms with Crippen LogP contribution in [-0.4, -0.2) is 37.7 Å². The smallest absolute Gasteiger partial charge is 0.273 e. The first-order valence-corrected chi connectivity index (χ1v) is 7.15. The first-order chi connectivity index (χ1) is 11.1. The lowest BCUT2D eigenvalue weighted by molar-refractivity contribution is 0.0919. The fraction of sp³-hybridized carbons (Fsp3) is 0.133. The van der Waals surface area contributed by atoms with Crippen LogP contribution in [0.5, 0.6) is 0 Å². The maximum atomic E-state index is 12.2. The number of hydrogen-bond acceptors (Lipinski definition) is 5. The van der Waals surface area contributed by atoms with Gasteiger partial charge in [0, 0.05) is 15.9 Å². The van der Waals surface area contributed by atoms with Crippen LogP contribution in [0.3, 0.4) is 0 Å². The number of fused-ring (bicyclic) bond motifs is 1. The second-order valence-electron chi connectivity index (χ2n) is 4.89. The predicted octanol–water partition coefficient (Wildman–Crippen LogP) is 1.89. The van der Waals surface area contributed by atoms with E-state index >= 15 is 0 Å². The summed E-state index contributed by atoms with van der Waals surface area (Å²) < 4.78 is 0. The molecular formula is C15H13ClN4O3. The number of nitrogens with one attached hydrogen (secondary N) is 2. The number of aliphatic hydroxyl groups is 2. The number of aliphatic hydroxyl groups excluding tert-OH is 2. The Bertz CT molecular complexity index is 848. The molecule has 8 heteroatoms. The number of carbonyl (C=O) groups excluding carboxylic acids is 1. The minimum atomic E-state index is -1.09. The van der Waals surface area contributed by atoms with Crippen molar-refractivity contribution < 1.29 is 15.0 Å². The Morgan fingerprint density at radius 3 is 2.83 bits per heavy atom. The molecule has 4 N–H and O–H groups in total. The van der Waals surface area contributed by atoms with Crippen LogP contribution in [0.15, 0.2) is 36.7 Å². The van der Waals surface area contributed by atoms with Crippen molar-refractivity contribution >= 4 is 34.2 Å². The molecule has 0 aliphatic rings. The average Bonchev–Trinajstić information content (AvgIpc) is 2.98. The molecule has 2 heterocycles. The van der Waals surface area contributed by atoms with Crippen molar-refractivity contribution in [2.75, 3.05) is 11.9 Å². The molecule has 118 valence electrons. The molecule has 0 bridgehead atoms. The van der Waals surface area contributed by atoms with Gasteiger partial charge in [-0.2, -0.15) is 0 Å². The third kappa shape index (κ3) is 3.31. The summed E-state index contributed by atoms with van der Waals surface area (Å²) in [4.78, 5) is 23.1. The van der Waals surface area contributed by atoms with E-state index in [1.165, 1.54) is 12.4 Å². The van der Waals surface area contributed by atoms with Gasteiger partial charge in [-0.15, -0.1) is 0 Å². The van der Waals surface area contributed by atoms with E-state index in [1.807, 2.05) is 0 Å². The standard InChI is InChI=1S/C15H13ClN4O3/c16-9-1-2-10-8(3-9)4-11(19-10)15(23)20-14-6-17-12(5-18-14)13(22)7-21/h1-6,13,19,21-22H,7H2,(H,18,20,23). The Kier molecular flexibility index (Phi) is 4.24. The summed E-state index contributed by atoms with van der Waals surface area (Å²) in [7, 11) is 0. The largest absolute Gasteiger partial charge is 0.393 e. The second kappa shape index (κ2) is 6.33. The van der Waals surface area contributed by atoms with Gasteiger partial charge in [-0.25, -0.2) is 4.98 Å². The van der Waals surface area contributed by atoms with Crippen molar-refractivity contribution in [2.45, 2.75) is 6.10 Å². The maximum absolute atomic E-state index is 12.2. The van der Waals surface area contributed by atoms with E-state index in [0.29, 0.717) is 10.7 Å². The zero-order chi connectivity index (χ0) is 16.4. The third-order valence-corrected chi connectivity index (χ3v) is 3.49. The highest BCUT2D eigenvalue weighted by molar-refractivity contribution is 6.31. The van der Waals surface area contributed by atoms with Crippen LogP contribution < -0.4 is 5.32 Å². The van der Waals surface area contributed by atoms with Crippen LogP contribution >= 0.6 is 11.6 Å². The number of anilines is 1. The molecular weight excluding hydrogens is 320 g/mol. The van der Waals surface area contributed by atoms with Gasteiger partial charge in [-0.05, 0) is 24.3 Å². The normalized spacial score (nSPS) is 12.3.